The third-order valence-electron chi connectivity index (χ3n) is 4.62. The Kier molecular flexibility index (Phi) is 8.23. The molecule has 2 aromatic carbocycles. The van der Waals surface area contributed by atoms with Crippen LogP contribution in [0.1, 0.15) is 16.8 Å². The molecule has 0 fully saturated rings. The molecule has 0 aliphatic heterocycles. The van der Waals surface area contributed by atoms with Crippen LogP contribution in [0.2, 0.25) is 10.0 Å². The number of aromatic nitrogens is 2. The molecule has 3 N–H and O–H groups in total. The number of nitrogens with zero attached hydrogens (tertiary/aromatic N) is 3. The Morgan fingerprint density at radius 2 is 1.69 bits per heavy atom. The molecule has 194 valence electrons. The number of benzene rings is 2. The van der Waals surface area contributed by atoms with E-state index in [0.717, 1.165) is 7.05 Å². The predicted molar refractivity (Wildman–Crippen MR) is 122 cm³/mol. The number of anilines is 1. The van der Waals surface area contributed by atoms with E-state index in [1.807, 2.05) is 0 Å². The van der Waals surface area contributed by atoms with E-state index in [1.54, 1.807) is 35.8 Å². The standard InChI is InChI=1S/C20H15Cl2F6N5O2S/c1-29-18-16(36(35)20(26,27)28)14(17(32-34)30-9-10-5-3-2-4-6-10)31-33(18)15-12(21)7-11(8-13(15)22)19(23,24)25/h2-8,29,34H,9H2,1H3,(H,30,32). The van der Waals surface area contributed by atoms with Gasteiger partial charge >= 0.3 is 11.7 Å². The fourth-order valence-corrected chi connectivity index (χ4v) is 4.64. The largest absolute Gasteiger partial charge is 0.476 e. The summed E-state index contributed by atoms with van der Waals surface area (Å²) in [5, 5.41) is 14.8. The molecule has 0 aliphatic rings. The van der Waals surface area contributed by atoms with Crippen molar-refractivity contribution < 1.29 is 35.8 Å². The molecule has 0 radical (unpaired) electrons. The number of rotatable bonds is 6. The molecule has 16 heteroatoms. The van der Waals surface area contributed by atoms with Crippen molar-refractivity contribution >= 4 is 45.7 Å². The number of hydroxylamine groups is 1. The summed E-state index contributed by atoms with van der Waals surface area (Å²) in [4.78, 5) is 3.05. The number of amidine groups is 1. The SMILES string of the molecule is CNc1c(S(=O)C(F)(F)F)c(C(=NCc2ccccc2)NO)nn1-c1c(Cl)cc(C(F)(F)F)cc1Cl. The minimum atomic E-state index is -5.28. The lowest BCUT2D eigenvalue weighted by Gasteiger charge is -2.15. The number of nitrogens with one attached hydrogen (secondary N) is 2. The first-order chi connectivity index (χ1) is 16.8. The van der Waals surface area contributed by atoms with Crippen LogP contribution in [-0.2, 0) is 23.5 Å². The summed E-state index contributed by atoms with van der Waals surface area (Å²) >= 11 is 12.0. The summed E-state index contributed by atoms with van der Waals surface area (Å²) in [6.07, 6.45) is -4.81. The summed E-state index contributed by atoms with van der Waals surface area (Å²) in [7, 11) is -2.56. The van der Waals surface area contributed by atoms with Gasteiger partial charge in [-0.05, 0) is 17.7 Å². The first-order valence-corrected chi connectivity index (χ1v) is 11.5. The van der Waals surface area contributed by atoms with E-state index in [4.69, 9.17) is 23.2 Å². The van der Waals surface area contributed by atoms with Crippen LogP contribution in [0.4, 0.5) is 32.2 Å². The first kappa shape index (κ1) is 27.8. The van der Waals surface area contributed by atoms with Gasteiger partial charge in [0, 0.05) is 7.05 Å². The van der Waals surface area contributed by atoms with Crippen LogP contribution in [0, 0.1) is 0 Å². The zero-order valence-electron chi connectivity index (χ0n) is 17.9. The van der Waals surface area contributed by atoms with E-state index >= 15 is 0 Å². The van der Waals surface area contributed by atoms with E-state index in [1.165, 1.54) is 0 Å². The molecule has 3 rings (SSSR count). The summed E-state index contributed by atoms with van der Waals surface area (Å²) in [6, 6.07) is 9.44. The van der Waals surface area contributed by atoms with Crippen molar-refractivity contribution in [2.75, 3.05) is 12.4 Å². The second-order valence-corrected chi connectivity index (χ2v) is 9.17. The molecule has 0 spiro atoms. The maximum atomic E-state index is 13.5. The van der Waals surface area contributed by atoms with Crippen LogP contribution < -0.4 is 10.8 Å². The van der Waals surface area contributed by atoms with Crippen LogP contribution in [0.15, 0.2) is 52.4 Å². The van der Waals surface area contributed by atoms with Crippen molar-refractivity contribution in [3.8, 4) is 5.69 Å². The predicted octanol–water partition coefficient (Wildman–Crippen LogP) is 5.79. The van der Waals surface area contributed by atoms with E-state index in [0.29, 0.717) is 22.4 Å². The highest BCUT2D eigenvalue weighted by molar-refractivity contribution is 7.86. The van der Waals surface area contributed by atoms with Gasteiger partial charge in [-0.25, -0.2) is 8.89 Å². The van der Waals surface area contributed by atoms with Crippen molar-refractivity contribution in [2.45, 2.75) is 23.1 Å². The number of alkyl halides is 6. The second kappa shape index (κ2) is 10.7. The van der Waals surface area contributed by atoms with Crippen molar-refractivity contribution in [3.63, 3.8) is 0 Å². The average molecular weight is 574 g/mol. The molecule has 36 heavy (non-hydrogen) atoms. The average Bonchev–Trinajstić information content (AvgIpc) is 3.16. The molecule has 0 amide bonds. The van der Waals surface area contributed by atoms with Gasteiger partial charge in [0.15, 0.2) is 16.6 Å². The van der Waals surface area contributed by atoms with E-state index < -0.39 is 66.0 Å². The summed E-state index contributed by atoms with van der Waals surface area (Å²) in [5.41, 5.74) is -5.36. The number of hydrogen-bond donors (Lipinski definition) is 3. The Balaban J connectivity index is 2.29. The van der Waals surface area contributed by atoms with E-state index in [9.17, 15) is 35.8 Å². The van der Waals surface area contributed by atoms with Crippen LogP contribution in [0.3, 0.4) is 0 Å². The molecule has 3 aromatic rings. The second-order valence-electron chi connectivity index (χ2n) is 6.95. The van der Waals surface area contributed by atoms with Gasteiger partial charge in [-0.3, -0.25) is 15.7 Å². The van der Waals surface area contributed by atoms with Gasteiger partial charge < -0.3 is 5.32 Å². The van der Waals surface area contributed by atoms with Crippen LogP contribution in [0.5, 0.6) is 0 Å². The highest BCUT2D eigenvalue weighted by atomic mass is 35.5. The molecular formula is C20H15Cl2F6N5O2S. The maximum Gasteiger partial charge on any atom is 0.476 e. The molecule has 0 saturated heterocycles. The Labute approximate surface area is 212 Å². The zero-order chi connectivity index (χ0) is 26.8. The Morgan fingerprint density at radius 3 is 2.17 bits per heavy atom. The van der Waals surface area contributed by atoms with Gasteiger partial charge in [0.25, 0.3) is 0 Å². The van der Waals surface area contributed by atoms with Crippen molar-refractivity contribution in [3.05, 3.63) is 69.3 Å². The third-order valence-corrected chi connectivity index (χ3v) is 6.38. The van der Waals surface area contributed by atoms with Crippen LogP contribution in [-0.4, -0.2) is 37.6 Å². The van der Waals surface area contributed by atoms with Crippen molar-refractivity contribution in [2.24, 2.45) is 4.99 Å². The smallest absolute Gasteiger partial charge is 0.372 e. The Bertz CT molecular complexity index is 1290. The molecule has 0 saturated carbocycles. The molecule has 1 heterocycles. The molecule has 0 bridgehead atoms. The van der Waals surface area contributed by atoms with Crippen LogP contribution >= 0.6 is 23.2 Å². The highest BCUT2D eigenvalue weighted by Gasteiger charge is 2.44. The maximum absolute atomic E-state index is 13.5. The van der Waals surface area contributed by atoms with Crippen molar-refractivity contribution in [1.82, 2.24) is 15.3 Å². The topological polar surface area (TPSA) is 91.5 Å². The lowest BCUT2D eigenvalue weighted by molar-refractivity contribution is -0.137. The quantitative estimate of drug-likeness (QED) is 0.150. The van der Waals surface area contributed by atoms with Gasteiger partial charge in [0.2, 0.25) is 0 Å². The Morgan fingerprint density at radius 1 is 1.11 bits per heavy atom. The minimum Gasteiger partial charge on any atom is -0.372 e. The normalized spacial score (nSPS) is 13.6. The summed E-state index contributed by atoms with van der Waals surface area (Å²) in [5.74, 6) is -1.16. The molecular weight excluding hydrogens is 559 g/mol. The van der Waals surface area contributed by atoms with Gasteiger partial charge in [-0.1, -0.05) is 53.5 Å². The fourth-order valence-electron chi connectivity index (χ4n) is 3.08. The number of aliphatic imine (C=N–C) groups is 1. The summed E-state index contributed by atoms with van der Waals surface area (Å²) in [6.45, 7) is -0.120. The van der Waals surface area contributed by atoms with Crippen LogP contribution in [0.25, 0.3) is 5.69 Å². The van der Waals surface area contributed by atoms with E-state index in [-0.39, 0.29) is 6.54 Å². The highest BCUT2D eigenvalue weighted by Crippen LogP contribution is 2.41. The summed E-state index contributed by atoms with van der Waals surface area (Å²) < 4.78 is 93.2. The third kappa shape index (κ3) is 5.77. The minimum absolute atomic E-state index is 0.120. The van der Waals surface area contributed by atoms with Gasteiger partial charge in [-0.2, -0.15) is 31.4 Å². The molecule has 1 atom stereocenters. The lowest BCUT2D eigenvalue weighted by atomic mass is 10.2. The van der Waals surface area contributed by atoms with Gasteiger partial charge in [0.05, 0.1) is 22.2 Å². The van der Waals surface area contributed by atoms with E-state index in [2.05, 4.69) is 15.4 Å². The zero-order valence-corrected chi connectivity index (χ0v) is 20.2. The van der Waals surface area contributed by atoms with Crippen molar-refractivity contribution in [1.29, 1.82) is 0 Å². The molecule has 1 unspecified atom stereocenters. The van der Waals surface area contributed by atoms with Gasteiger partial charge in [0.1, 0.15) is 22.1 Å². The Hall–Kier alpha value is -2.81. The number of hydrogen-bond acceptors (Lipinski definition) is 5. The molecule has 7 nitrogen and oxygen atoms in total. The molecule has 0 aliphatic carbocycles. The van der Waals surface area contributed by atoms with Gasteiger partial charge in [-0.15, -0.1) is 0 Å². The monoisotopic (exact) mass is 573 g/mol. The lowest BCUT2D eigenvalue weighted by Crippen LogP contribution is -2.25. The molecule has 1 aromatic heterocycles. The fraction of sp³-hybridized carbons (Fsp3) is 0.200. The number of halogens is 8. The first-order valence-electron chi connectivity index (χ1n) is 9.64.